The molecule has 0 amide bonds. The van der Waals surface area contributed by atoms with Crippen LogP contribution in [0.25, 0.3) is 16.8 Å². The summed E-state index contributed by atoms with van der Waals surface area (Å²) in [5, 5.41) is 2.18. The predicted octanol–water partition coefficient (Wildman–Crippen LogP) is 6.18. The van der Waals surface area contributed by atoms with Crippen LogP contribution < -0.4 is 4.74 Å². The number of hydrogen-bond acceptors (Lipinski definition) is 7. The summed E-state index contributed by atoms with van der Waals surface area (Å²) in [4.78, 5) is 35.7. The van der Waals surface area contributed by atoms with Crippen molar-refractivity contribution in [3.05, 3.63) is 95.6 Å². The van der Waals surface area contributed by atoms with Gasteiger partial charge in [0.25, 0.3) is 0 Å². The zero-order valence-electron chi connectivity index (χ0n) is 19.9. The Morgan fingerprint density at radius 3 is 2.33 bits per heavy atom. The van der Waals surface area contributed by atoms with Gasteiger partial charge in [0.15, 0.2) is 0 Å². The van der Waals surface area contributed by atoms with Crippen molar-refractivity contribution in [2.75, 3.05) is 13.2 Å². The molecule has 0 aromatic heterocycles. The monoisotopic (exact) mass is 486 g/mol. The smallest absolute Gasteiger partial charge is 0.463 e. The van der Waals surface area contributed by atoms with Crippen LogP contribution >= 0.6 is 0 Å². The molecule has 3 aromatic carbocycles. The summed E-state index contributed by atoms with van der Waals surface area (Å²) in [6.45, 7) is 5.60. The molecule has 0 fully saturated rings. The Bertz CT molecular complexity index is 1320. The molecule has 1 atom stereocenters. The van der Waals surface area contributed by atoms with Gasteiger partial charge in [0.2, 0.25) is 0 Å². The average molecular weight is 487 g/mol. The molecular weight excluding hydrogens is 460 g/mol. The van der Waals surface area contributed by atoms with Crippen LogP contribution in [0, 0.1) is 0 Å². The van der Waals surface area contributed by atoms with Gasteiger partial charge in [0.05, 0.1) is 18.8 Å². The van der Waals surface area contributed by atoms with Crippen molar-refractivity contribution in [3.8, 4) is 5.75 Å². The van der Waals surface area contributed by atoms with Gasteiger partial charge in [-0.25, -0.2) is 14.4 Å². The van der Waals surface area contributed by atoms with Crippen LogP contribution in [0.3, 0.4) is 0 Å². The van der Waals surface area contributed by atoms with Crippen LogP contribution in [0.1, 0.15) is 47.4 Å². The Balaban J connectivity index is 1.30. The molecule has 184 valence electrons. The highest BCUT2D eigenvalue weighted by atomic mass is 16.7. The number of carbonyl (C=O) groups is 3. The molecule has 3 aromatic rings. The van der Waals surface area contributed by atoms with E-state index in [0.29, 0.717) is 18.4 Å². The first-order chi connectivity index (χ1) is 17.5. The number of carbonyl (C=O) groups excluding carboxylic acids is 3. The second-order valence-corrected chi connectivity index (χ2v) is 8.27. The predicted molar refractivity (Wildman–Crippen MR) is 135 cm³/mol. The zero-order valence-corrected chi connectivity index (χ0v) is 19.9. The maximum atomic E-state index is 12.9. The number of rotatable bonds is 9. The van der Waals surface area contributed by atoms with Gasteiger partial charge in [-0.2, -0.15) is 0 Å². The Labute approximate surface area is 208 Å². The quantitative estimate of drug-likeness (QED) is 0.117. The molecule has 0 heterocycles. The Morgan fingerprint density at radius 2 is 1.61 bits per heavy atom. The normalized spacial score (nSPS) is 13.9. The van der Waals surface area contributed by atoms with Gasteiger partial charge in [-0.3, -0.25) is 0 Å². The van der Waals surface area contributed by atoms with Gasteiger partial charge in [-0.1, -0.05) is 49.1 Å². The van der Waals surface area contributed by atoms with Gasteiger partial charge in [-0.05, 0) is 65.9 Å². The summed E-state index contributed by atoms with van der Waals surface area (Å²) in [7, 11) is 0. The van der Waals surface area contributed by atoms with Crippen LogP contribution in [0.2, 0.25) is 0 Å². The van der Waals surface area contributed by atoms with Crippen molar-refractivity contribution in [3.63, 3.8) is 0 Å². The van der Waals surface area contributed by atoms with Crippen LogP contribution in [0.4, 0.5) is 4.79 Å². The first kappa shape index (κ1) is 24.7. The fourth-order valence-corrected chi connectivity index (χ4v) is 4.01. The molecule has 0 aliphatic heterocycles. The molecule has 1 unspecified atom stereocenters. The third-order valence-electron chi connectivity index (χ3n) is 5.73. The van der Waals surface area contributed by atoms with E-state index in [9.17, 15) is 14.4 Å². The molecule has 0 saturated heterocycles. The Hall–Kier alpha value is -4.39. The van der Waals surface area contributed by atoms with Crippen molar-refractivity contribution >= 4 is 34.9 Å². The van der Waals surface area contributed by atoms with E-state index in [2.05, 4.69) is 12.6 Å². The topological polar surface area (TPSA) is 88.1 Å². The van der Waals surface area contributed by atoms with Crippen molar-refractivity contribution in [1.82, 2.24) is 0 Å². The van der Waals surface area contributed by atoms with Crippen molar-refractivity contribution in [2.45, 2.75) is 25.9 Å². The van der Waals surface area contributed by atoms with Crippen molar-refractivity contribution in [1.29, 1.82) is 0 Å². The van der Waals surface area contributed by atoms with Crippen LogP contribution in [0.15, 0.2) is 78.9 Å². The summed E-state index contributed by atoms with van der Waals surface area (Å²) in [6, 6.07) is 18.2. The molecular formula is C29H26O7. The molecule has 7 nitrogen and oxygen atoms in total. The van der Waals surface area contributed by atoms with Gasteiger partial charge in [0, 0.05) is 11.6 Å². The van der Waals surface area contributed by atoms with Crippen LogP contribution in [-0.4, -0.2) is 31.3 Å². The van der Waals surface area contributed by atoms with E-state index in [-0.39, 0.29) is 19.0 Å². The van der Waals surface area contributed by atoms with E-state index in [0.717, 1.165) is 33.5 Å². The summed E-state index contributed by atoms with van der Waals surface area (Å²) in [5.41, 5.74) is 3.34. The lowest BCUT2D eigenvalue weighted by atomic mass is 9.87. The van der Waals surface area contributed by atoms with E-state index >= 15 is 0 Å². The summed E-state index contributed by atoms with van der Waals surface area (Å²) in [5.74, 6) is -0.727. The fraction of sp³-hybridized carbons (Fsp3) is 0.207. The number of unbranched alkanes of at least 4 members (excludes halogenated alkanes) is 1. The van der Waals surface area contributed by atoms with E-state index in [1.54, 1.807) is 0 Å². The second-order valence-electron chi connectivity index (χ2n) is 8.27. The second kappa shape index (κ2) is 11.4. The maximum absolute atomic E-state index is 12.9. The molecule has 0 N–H and O–H groups in total. The molecule has 4 rings (SSSR count). The Morgan fingerprint density at radius 1 is 0.917 bits per heavy atom. The molecule has 0 radical (unpaired) electrons. The van der Waals surface area contributed by atoms with E-state index in [4.69, 9.17) is 18.9 Å². The highest BCUT2D eigenvalue weighted by molar-refractivity contribution is 5.97. The van der Waals surface area contributed by atoms with E-state index in [1.165, 1.54) is 24.3 Å². The minimum Gasteiger partial charge on any atom is -0.463 e. The number of hydrogen-bond donors (Lipinski definition) is 0. The first-order valence-electron chi connectivity index (χ1n) is 11.6. The molecule has 1 aliphatic carbocycles. The number of ether oxygens (including phenoxy) is 4. The largest absolute Gasteiger partial charge is 0.513 e. The van der Waals surface area contributed by atoms with Crippen LogP contribution in [0.5, 0.6) is 5.75 Å². The molecule has 0 spiro atoms. The maximum Gasteiger partial charge on any atom is 0.513 e. The molecule has 7 heteroatoms. The molecule has 1 aliphatic rings. The average Bonchev–Trinajstić information content (AvgIpc) is 2.88. The minimum atomic E-state index is -0.858. The van der Waals surface area contributed by atoms with Gasteiger partial charge < -0.3 is 18.9 Å². The number of benzene rings is 3. The summed E-state index contributed by atoms with van der Waals surface area (Å²) in [6.07, 6.45) is 2.85. The van der Waals surface area contributed by atoms with Gasteiger partial charge >= 0.3 is 18.1 Å². The lowest BCUT2D eigenvalue weighted by Crippen LogP contribution is -2.15. The van der Waals surface area contributed by atoms with Crippen molar-refractivity contribution < 1.29 is 33.3 Å². The highest BCUT2D eigenvalue weighted by Crippen LogP contribution is 2.39. The third kappa shape index (κ3) is 5.81. The third-order valence-corrected chi connectivity index (χ3v) is 5.73. The van der Waals surface area contributed by atoms with Gasteiger partial charge in [0.1, 0.15) is 11.9 Å². The lowest BCUT2D eigenvalue weighted by Gasteiger charge is -2.25. The summed E-state index contributed by atoms with van der Waals surface area (Å²) >= 11 is 0. The fourth-order valence-electron chi connectivity index (χ4n) is 4.01. The molecule has 36 heavy (non-hydrogen) atoms. The molecule has 0 saturated carbocycles. The highest BCUT2D eigenvalue weighted by Gasteiger charge is 2.26. The standard InChI is InChI=1S/C29H26O7/c1-3-25(30)33-16-4-5-17-34-29(32)35-23-14-12-21(13-15-23)28(31)36-27-19(2)18-22-10-6-8-20-9-7-11-24(27)26(20)22/h3,6-15,18,27H,1,4-5,16-17H2,2H3. The molecule has 0 bridgehead atoms. The Kier molecular flexibility index (Phi) is 7.80. The lowest BCUT2D eigenvalue weighted by molar-refractivity contribution is -0.137. The van der Waals surface area contributed by atoms with Crippen LogP contribution in [-0.2, 0) is 19.0 Å². The SMILES string of the molecule is C=CC(=O)OCCCCOC(=O)Oc1ccc(C(=O)OC2C(C)=Cc3cccc4cccc2c34)cc1. The summed E-state index contributed by atoms with van der Waals surface area (Å²) < 4.78 is 20.9. The number of esters is 2. The first-order valence-corrected chi connectivity index (χ1v) is 11.6. The van der Waals surface area contributed by atoms with Gasteiger partial charge in [-0.15, -0.1) is 0 Å². The van der Waals surface area contributed by atoms with Crippen molar-refractivity contribution in [2.24, 2.45) is 0 Å². The zero-order chi connectivity index (χ0) is 25.5. The minimum absolute atomic E-state index is 0.124. The van der Waals surface area contributed by atoms with E-state index in [1.807, 2.05) is 43.3 Å². The van der Waals surface area contributed by atoms with E-state index < -0.39 is 24.2 Å².